The molecule has 0 spiro atoms. The standard InChI is InChI=1S/C21H20F6N2O2S2.C3H8/c1-31-12-2-4-15-14-16(19(30,20(22,23)24)21(25,26)27)6-7-17(15)28-8-10-29(11-9-28)33-18-5-3-13-32-18;1-3-2/h3,5-7,13-14,30H,8-12H2,1H3;3H2,1-2H3. The molecule has 1 aliphatic rings. The molecule has 0 amide bonds. The van der Waals surface area contributed by atoms with Crippen molar-refractivity contribution in [3.8, 4) is 11.8 Å². The number of hydrogen-bond acceptors (Lipinski definition) is 6. The fraction of sp³-hybridized carbons (Fsp3) is 0.500. The van der Waals surface area contributed by atoms with Gasteiger partial charge < -0.3 is 14.7 Å². The quantitative estimate of drug-likeness (QED) is 0.267. The number of benzene rings is 1. The molecule has 1 aliphatic heterocycles. The third kappa shape index (κ3) is 7.32. The number of thiophene rings is 1. The van der Waals surface area contributed by atoms with Crippen LogP contribution in [0.15, 0.2) is 39.9 Å². The monoisotopic (exact) mass is 554 g/mol. The van der Waals surface area contributed by atoms with Crippen LogP contribution in [0.25, 0.3) is 0 Å². The zero-order valence-corrected chi connectivity index (χ0v) is 21.7. The average molecular weight is 555 g/mol. The summed E-state index contributed by atoms with van der Waals surface area (Å²) in [5.41, 5.74) is -5.99. The molecule has 200 valence electrons. The maximum absolute atomic E-state index is 13.3. The molecule has 0 radical (unpaired) electrons. The number of ether oxygens (including phenoxy) is 1. The molecule has 0 aliphatic carbocycles. The van der Waals surface area contributed by atoms with E-state index in [4.69, 9.17) is 4.74 Å². The average Bonchev–Trinajstić information content (AvgIpc) is 3.31. The second kappa shape index (κ2) is 13.1. The Morgan fingerprint density at radius 1 is 1.03 bits per heavy atom. The number of alkyl halides is 6. The number of rotatable bonds is 5. The fourth-order valence-corrected chi connectivity index (χ4v) is 5.13. The Balaban J connectivity index is 0.00000145. The zero-order valence-electron chi connectivity index (χ0n) is 20.0. The second-order valence-corrected chi connectivity index (χ2v) is 10.2. The summed E-state index contributed by atoms with van der Waals surface area (Å²) in [6.07, 6.45) is -10.7. The minimum Gasteiger partial charge on any atom is -0.372 e. The maximum Gasteiger partial charge on any atom is 0.430 e. The van der Waals surface area contributed by atoms with E-state index in [0.29, 0.717) is 44.0 Å². The van der Waals surface area contributed by atoms with Gasteiger partial charge in [0.15, 0.2) is 0 Å². The SMILES string of the molecule is CCC.COCC#Cc1cc(C(O)(C(F)(F)F)C(F)(F)F)ccc1N1CCN(Sc2cccs2)CC1. The molecule has 0 saturated carbocycles. The Bertz CT molecular complexity index is 994. The predicted octanol–water partition coefficient (Wildman–Crippen LogP) is 6.30. The van der Waals surface area contributed by atoms with Crippen LogP contribution in [0.5, 0.6) is 0 Å². The lowest BCUT2D eigenvalue weighted by Crippen LogP contribution is -2.54. The summed E-state index contributed by atoms with van der Waals surface area (Å²) < 4.78 is 88.1. The number of hydrogen-bond donors (Lipinski definition) is 1. The predicted molar refractivity (Wildman–Crippen MR) is 131 cm³/mol. The van der Waals surface area contributed by atoms with E-state index in [-0.39, 0.29) is 12.2 Å². The van der Waals surface area contributed by atoms with Crippen molar-refractivity contribution in [1.29, 1.82) is 0 Å². The van der Waals surface area contributed by atoms with E-state index < -0.39 is 23.5 Å². The van der Waals surface area contributed by atoms with E-state index in [0.717, 1.165) is 10.3 Å². The highest BCUT2D eigenvalue weighted by Crippen LogP contribution is 2.50. The Kier molecular flexibility index (Phi) is 11.0. The molecule has 2 heterocycles. The number of methoxy groups -OCH3 is 1. The van der Waals surface area contributed by atoms with Gasteiger partial charge in [0.1, 0.15) is 6.61 Å². The second-order valence-electron chi connectivity index (χ2n) is 7.82. The van der Waals surface area contributed by atoms with Gasteiger partial charge in [-0.2, -0.15) is 26.3 Å². The first-order chi connectivity index (χ1) is 16.9. The van der Waals surface area contributed by atoms with Crippen LogP contribution in [-0.4, -0.2) is 61.7 Å². The molecular formula is C24H28F6N2O2S2. The van der Waals surface area contributed by atoms with Gasteiger partial charge in [0.2, 0.25) is 0 Å². The van der Waals surface area contributed by atoms with Crippen LogP contribution in [0.2, 0.25) is 0 Å². The molecule has 0 bridgehead atoms. The molecule has 36 heavy (non-hydrogen) atoms. The highest BCUT2D eigenvalue weighted by molar-refractivity contribution is 7.98. The molecule has 0 unspecified atom stereocenters. The van der Waals surface area contributed by atoms with E-state index in [9.17, 15) is 31.4 Å². The first-order valence-electron chi connectivity index (χ1n) is 11.1. The number of nitrogens with zero attached hydrogens (tertiary/aromatic N) is 2. The number of piperazine rings is 1. The minimum absolute atomic E-state index is 0.0455. The first-order valence-corrected chi connectivity index (χ1v) is 12.7. The Labute approximate surface area is 215 Å². The summed E-state index contributed by atoms with van der Waals surface area (Å²) in [5, 5.41) is 11.7. The number of anilines is 1. The summed E-state index contributed by atoms with van der Waals surface area (Å²) in [4.78, 5) is 1.85. The summed E-state index contributed by atoms with van der Waals surface area (Å²) in [7, 11) is 1.36. The van der Waals surface area contributed by atoms with Crippen LogP contribution in [0, 0.1) is 11.8 Å². The Morgan fingerprint density at radius 2 is 1.64 bits per heavy atom. The fourth-order valence-electron chi connectivity index (χ4n) is 3.29. The van der Waals surface area contributed by atoms with Gasteiger partial charge >= 0.3 is 12.4 Å². The van der Waals surface area contributed by atoms with E-state index >= 15 is 0 Å². The van der Waals surface area contributed by atoms with Crippen molar-refractivity contribution in [1.82, 2.24) is 4.31 Å². The van der Waals surface area contributed by atoms with Crippen molar-refractivity contribution in [2.45, 2.75) is 42.4 Å². The van der Waals surface area contributed by atoms with Crippen LogP contribution in [0.4, 0.5) is 32.0 Å². The highest BCUT2D eigenvalue weighted by atomic mass is 32.2. The van der Waals surface area contributed by atoms with E-state index in [1.54, 1.807) is 23.3 Å². The largest absolute Gasteiger partial charge is 0.430 e. The Hall–Kier alpha value is -1.91. The summed E-state index contributed by atoms with van der Waals surface area (Å²) >= 11 is 3.20. The topological polar surface area (TPSA) is 35.9 Å². The third-order valence-corrected chi connectivity index (χ3v) is 7.08. The van der Waals surface area contributed by atoms with Crippen LogP contribution in [-0.2, 0) is 10.3 Å². The lowest BCUT2D eigenvalue weighted by Gasteiger charge is -2.36. The lowest BCUT2D eigenvalue weighted by atomic mass is 9.90. The van der Waals surface area contributed by atoms with Gasteiger partial charge in [-0.15, -0.1) is 11.3 Å². The molecule has 1 aromatic heterocycles. The van der Waals surface area contributed by atoms with E-state index in [1.165, 1.54) is 13.5 Å². The van der Waals surface area contributed by atoms with Crippen LogP contribution >= 0.6 is 23.3 Å². The van der Waals surface area contributed by atoms with Crippen LogP contribution in [0.1, 0.15) is 31.4 Å². The van der Waals surface area contributed by atoms with Gasteiger partial charge in [-0.1, -0.05) is 44.2 Å². The first kappa shape index (κ1) is 30.3. The van der Waals surface area contributed by atoms with Gasteiger partial charge in [0, 0.05) is 44.4 Å². The van der Waals surface area contributed by atoms with E-state index in [2.05, 4.69) is 30.0 Å². The van der Waals surface area contributed by atoms with Gasteiger partial charge in [0.05, 0.1) is 9.90 Å². The normalized spacial score (nSPS) is 15.1. The Morgan fingerprint density at radius 3 is 2.14 bits per heavy atom. The number of halogens is 6. The van der Waals surface area contributed by atoms with Crippen molar-refractivity contribution in [2.24, 2.45) is 0 Å². The molecule has 2 aromatic rings. The lowest BCUT2D eigenvalue weighted by molar-refractivity contribution is -0.376. The van der Waals surface area contributed by atoms with Crippen molar-refractivity contribution >= 4 is 29.0 Å². The molecule has 1 aromatic carbocycles. The number of aliphatic hydroxyl groups is 1. The molecule has 3 rings (SSSR count). The van der Waals surface area contributed by atoms with Crippen molar-refractivity contribution in [2.75, 3.05) is 44.8 Å². The van der Waals surface area contributed by atoms with Gasteiger partial charge in [-0.3, -0.25) is 0 Å². The van der Waals surface area contributed by atoms with Gasteiger partial charge in [-0.05, 0) is 35.5 Å². The summed E-state index contributed by atoms with van der Waals surface area (Å²) in [5.74, 6) is 5.16. The maximum atomic E-state index is 13.3. The zero-order chi connectivity index (χ0) is 27.0. The smallest absolute Gasteiger partial charge is 0.372 e. The van der Waals surface area contributed by atoms with Crippen molar-refractivity contribution in [3.05, 3.63) is 46.8 Å². The molecule has 4 nitrogen and oxygen atoms in total. The third-order valence-electron chi connectivity index (χ3n) is 4.97. The van der Waals surface area contributed by atoms with Crippen molar-refractivity contribution in [3.63, 3.8) is 0 Å². The summed E-state index contributed by atoms with van der Waals surface area (Å²) in [6.45, 7) is 6.45. The molecule has 1 N–H and O–H groups in total. The van der Waals surface area contributed by atoms with Crippen LogP contribution < -0.4 is 4.90 Å². The molecule has 1 saturated heterocycles. The van der Waals surface area contributed by atoms with E-state index in [1.807, 2.05) is 22.4 Å². The van der Waals surface area contributed by atoms with Crippen LogP contribution in [0.3, 0.4) is 0 Å². The molecule has 12 heteroatoms. The van der Waals surface area contributed by atoms with Gasteiger partial charge in [-0.25, -0.2) is 4.31 Å². The highest BCUT2D eigenvalue weighted by Gasteiger charge is 2.71. The van der Waals surface area contributed by atoms with Crippen molar-refractivity contribution < 1.29 is 36.2 Å². The molecular weight excluding hydrogens is 526 g/mol. The molecule has 1 fully saturated rings. The molecule has 0 atom stereocenters. The minimum atomic E-state index is -5.96. The summed E-state index contributed by atoms with van der Waals surface area (Å²) in [6, 6.07) is 6.40. The van der Waals surface area contributed by atoms with Gasteiger partial charge in [0.25, 0.3) is 5.60 Å².